The molecule has 1 fully saturated rings. The molecule has 0 spiro atoms. The Kier molecular flexibility index (Phi) is 6.45. The highest BCUT2D eigenvalue weighted by Crippen LogP contribution is 2.20. The highest BCUT2D eigenvalue weighted by Gasteiger charge is 2.21. The molecule has 0 aliphatic carbocycles. The minimum absolute atomic E-state index is 0.00703. The van der Waals surface area contributed by atoms with E-state index in [1.54, 1.807) is 12.1 Å². The van der Waals surface area contributed by atoms with Gasteiger partial charge in [-0.3, -0.25) is 9.59 Å². The number of hydrogen-bond acceptors (Lipinski definition) is 2. The average Bonchev–Trinajstić information content (AvgIpc) is 2.67. The number of nitrogens with one attached hydrogen (secondary N) is 1. The van der Waals surface area contributed by atoms with Crippen molar-refractivity contribution in [2.45, 2.75) is 32.1 Å². The van der Waals surface area contributed by atoms with E-state index in [2.05, 4.69) is 21.2 Å². The molecular formula is C21H23BrN2O2. The van der Waals surface area contributed by atoms with Gasteiger partial charge in [-0.2, -0.15) is 0 Å². The molecule has 2 aromatic carbocycles. The topological polar surface area (TPSA) is 49.4 Å². The van der Waals surface area contributed by atoms with E-state index in [1.165, 1.54) is 6.42 Å². The van der Waals surface area contributed by atoms with Gasteiger partial charge in [0.2, 0.25) is 5.91 Å². The lowest BCUT2D eigenvalue weighted by atomic mass is 10.1. The van der Waals surface area contributed by atoms with Crippen LogP contribution in [0.5, 0.6) is 0 Å². The van der Waals surface area contributed by atoms with Gasteiger partial charge in [0.05, 0.1) is 11.3 Å². The van der Waals surface area contributed by atoms with E-state index in [0.717, 1.165) is 36.0 Å². The molecule has 1 saturated heterocycles. The fraction of sp³-hybridized carbons (Fsp3) is 0.333. The predicted octanol–water partition coefficient (Wildman–Crippen LogP) is 4.65. The smallest absolute Gasteiger partial charge is 0.255 e. The molecule has 5 heteroatoms. The van der Waals surface area contributed by atoms with E-state index >= 15 is 0 Å². The molecule has 0 saturated carbocycles. The number of carbonyl (C=O) groups excluding carboxylic acids is 2. The minimum atomic E-state index is -0.0798. The quantitative estimate of drug-likeness (QED) is 0.773. The van der Waals surface area contributed by atoms with Crippen molar-refractivity contribution in [2.75, 3.05) is 18.4 Å². The SMILES string of the molecule is O=C(CCc1cccc(Br)c1)Nc1ccccc1C(=O)N1CCCCC1. The van der Waals surface area contributed by atoms with E-state index in [4.69, 9.17) is 0 Å². The number of piperidine rings is 1. The highest BCUT2D eigenvalue weighted by molar-refractivity contribution is 9.10. The molecule has 1 heterocycles. The fourth-order valence-corrected chi connectivity index (χ4v) is 3.66. The molecule has 1 aliphatic rings. The van der Waals surface area contributed by atoms with Crippen molar-refractivity contribution in [3.8, 4) is 0 Å². The van der Waals surface area contributed by atoms with Gasteiger partial charge < -0.3 is 10.2 Å². The molecule has 2 aromatic rings. The summed E-state index contributed by atoms with van der Waals surface area (Å²) in [4.78, 5) is 27.0. The first-order valence-corrected chi connectivity index (χ1v) is 9.85. The van der Waals surface area contributed by atoms with Crippen LogP contribution in [0.1, 0.15) is 41.6 Å². The number of hydrogen-bond donors (Lipinski definition) is 1. The van der Waals surface area contributed by atoms with Crippen LogP contribution in [-0.2, 0) is 11.2 Å². The molecule has 0 radical (unpaired) electrons. The fourth-order valence-electron chi connectivity index (χ4n) is 3.21. The normalized spacial score (nSPS) is 14.1. The Labute approximate surface area is 162 Å². The zero-order valence-electron chi connectivity index (χ0n) is 14.7. The Morgan fingerprint density at radius 2 is 1.77 bits per heavy atom. The molecule has 0 aromatic heterocycles. The van der Waals surface area contributed by atoms with Crippen LogP contribution in [0, 0.1) is 0 Å². The first-order valence-electron chi connectivity index (χ1n) is 9.06. The number of likely N-dealkylation sites (tertiary alicyclic amines) is 1. The summed E-state index contributed by atoms with van der Waals surface area (Å²) in [6.07, 6.45) is 4.31. The number of anilines is 1. The molecule has 26 heavy (non-hydrogen) atoms. The zero-order valence-corrected chi connectivity index (χ0v) is 16.3. The van der Waals surface area contributed by atoms with Crippen LogP contribution in [-0.4, -0.2) is 29.8 Å². The minimum Gasteiger partial charge on any atom is -0.339 e. The number of rotatable bonds is 5. The Morgan fingerprint density at radius 1 is 1.00 bits per heavy atom. The van der Waals surface area contributed by atoms with Crippen LogP contribution in [0.25, 0.3) is 0 Å². The number of halogens is 1. The third-order valence-electron chi connectivity index (χ3n) is 4.60. The van der Waals surface area contributed by atoms with Crippen molar-refractivity contribution in [3.63, 3.8) is 0 Å². The maximum absolute atomic E-state index is 12.8. The molecule has 0 unspecified atom stereocenters. The predicted molar refractivity (Wildman–Crippen MR) is 107 cm³/mol. The number of aryl methyl sites for hydroxylation is 1. The van der Waals surface area contributed by atoms with Gasteiger partial charge in [0.1, 0.15) is 0 Å². The maximum atomic E-state index is 12.8. The van der Waals surface area contributed by atoms with Crippen LogP contribution in [0.3, 0.4) is 0 Å². The standard InChI is InChI=1S/C21H23BrN2O2/c22-17-8-6-7-16(15-17)11-12-20(25)23-19-10-3-2-9-18(19)21(26)24-13-4-1-5-14-24/h2-3,6-10,15H,1,4-5,11-14H2,(H,23,25). The summed E-state index contributed by atoms with van der Waals surface area (Å²) in [6.45, 7) is 1.59. The van der Waals surface area contributed by atoms with Gasteiger partial charge in [-0.15, -0.1) is 0 Å². The zero-order chi connectivity index (χ0) is 18.4. The van der Waals surface area contributed by atoms with Crippen LogP contribution >= 0.6 is 15.9 Å². The first kappa shape index (κ1) is 18.6. The molecule has 4 nitrogen and oxygen atoms in total. The van der Waals surface area contributed by atoms with Gasteiger partial charge in [0.15, 0.2) is 0 Å². The second kappa shape index (κ2) is 8.99. The number of benzene rings is 2. The van der Waals surface area contributed by atoms with E-state index < -0.39 is 0 Å². The van der Waals surface area contributed by atoms with E-state index in [9.17, 15) is 9.59 Å². The lowest BCUT2D eigenvalue weighted by Crippen LogP contribution is -2.36. The lowest BCUT2D eigenvalue weighted by molar-refractivity contribution is -0.116. The molecule has 0 bridgehead atoms. The summed E-state index contributed by atoms with van der Waals surface area (Å²) in [7, 11) is 0. The second-order valence-corrected chi connectivity index (χ2v) is 7.49. The van der Waals surface area contributed by atoms with E-state index in [1.807, 2.05) is 41.3 Å². The van der Waals surface area contributed by atoms with Gasteiger partial charge in [0.25, 0.3) is 5.91 Å². The first-order chi connectivity index (χ1) is 12.6. The highest BCUT2D eigenvalue weighted by atomic mass is 79.9. The van der Waals surface area contributed by atoms with E-state index in [0.29, 0.717) is 24.1 Å². The molecule has 0 atom stereocenters. The molecule has 136 valence electrons. The van der Waals surface area contributed by atoms with Gasteiger partial charge >= 0.3 is 0 Å². The number of amides is 2. The van der Waals surface area contributed by atoms with Gasteiger partial charge in [-0.05, 0) is 55.5 Å². The summed E-state index contributed by atoms with van der Waals surface area (Å²) in [6, 6.07) is 15.2. The number of nitrogens with zero attached hydrogens (tertiary/aromatic N) is 1. The van der Waals surface area contributed by atoms with Crippen molar-refractivity contribution in [2.24, 2.45) is 0 Å². The second-order valence-electron chi connectivity index (χ2n) is 6.58. The number of para-hydroxylation sites is 1. The van der Waals surface area contributed by atoms with Crippen molar-refractivity contribution in [3.05, 3.63) is 64.1 Å². The summed E-state index contributed by atoms with van der Waals surface area (Å²) in [5.74, 6) is -0.0727. The monoisotopic (exact) mass is 414 g/mol. The van der Waals surface area contributed by atoms with Crippen molar-refractivity contribution < 1.29 is 9.59 Å². The van der Waals surface area contributed by atoms with Crippen molar-refractivity contribution >= 4 is 33.4 Å². The van der Waals surface area contributed by atoms with Crippen molar-refractivity contribution in [1.82, 2.24) is 4.90 Å². The maximum Gasteiger partial charge on any atom is 0.255 e. The summed E-state index contributed by atoms with van der Waals surface area (Å²) in [5.41, 5.74) is 2.28. The molecular weight excluding hydrogens is 392 g/mol. The Morgan fingerprint density at radius 3 is 2.54 bits per heavy atom. The Balaban J connectivity index is 1.63. The van der Waals surface area contributed by atoms with Gasteiger partial charge in [0, 0.05) is 24.0 Å². The molecule has 3 rings (SSSR count). The Bertz CT molecular complexity index is 785. The third-order valence-corrected chi connectivity index (χ3v) is 5.10. The molecule has 1 aliphatic heterocycles. The Hall–Kier alpha value is -2.14. The van der Waals surface area contributed by atoms with Crippen LogP contribution < -0.4 is 5.32 Å². The van der Waals surface area contributed by atoms with Crippen molar-refractivity contribution in [1.29, 1.82) is 0 Å². The van der Waals surface area contributed by atoms with Crippen LogP contribution in [0.4, 0.5) is 5.69 Å². The lowest BCUT2D eigenvalue weighted by Gasteiger charge is -2.27. The van der Waals surface area contributed by atoms with Crippen LogP contribution in [0.2, 0.25) is 0 Å². The number of carbonyl (C=O) groups is 2. The molecule has 2 amide bonds. The summed E-state index contributed by atoms with van der Waals surface area (Å²) < 4.78 is 1.01. The summed E-state index contributed by atoms with van der Waals surface area (Å²) in [5, 5.41) is 2.92. The van der Waals surface area contributed by atoms with Gasteiger partial charge in [-0.25, -0.2) is 0 Å². The third kappa shape index (κ3) is 4.94. The van der Waals surface area contributed by atoms with Gasteiger partial charge in [-0.1, -0.05) is 40.2 Å². The molecule has 1 N–H and O–H groups in total. The summed E-state index contributed by atoms with van der Waals surface area (Å²) >= 11 is 3.44. The van der Waals surface area contributed by atoms with Crippen LogP contribution in [0.15, 0.2) is 53.0 Å². The largest absolute Gasteiger partial charge is 0.339 e. The average molecular weight is 415 g/mol. The van der Waals surface area contributed by atoms with E-state index in [-0.39, 0.29) is 11.8 Å².